The zero-order valence-corrected chi connectivity index (χ0v) is 17.5. The maximum absolute atomic E-state index is 13.4. The van der Waals surface area contributed by atoms with Crippen molar-refractivity contribution < 1.29 is 9.18 Å². The Bertz CT molecular complexity index is 1110. The van der Waals surface area contributed by atoms with Crippen LogP contribution in [0.1, 0.15) is 11.3 Å². The number of carbonyl (C=O) groups excluding carboxylic acids is 1. The SMILES string of the molecule is O=C(Cc1csc(-c2cccc(F)c2)n1)Nc1nnc(SCc2ccccc2)s1. The fraction of sp³-hybridized carbons (Fsp3) is 0.100. The highest BCUT2D eigenvalue weighted by Gasteiger charge is 2.12. The van der Waals surface area contributed by atoms with Crippen molar-refractivity contribution in [2.24, 2.45) is 0 Å². The molecule has 4 rings (SSSR count). The molecular weight excluding hydrogens is 427 g/mol. The Balaban J connectivity index is 1.32. The molecule has 0 radical (unpaired) electrons. The molecule has 2 aromatic heterocycles. The Morgan fingerprint density at radius 2 is 1.97 bits per heavy atom. The number of thiazole rings is 1. The van der Waals surface area contributed by atoms with E-state index in [9.17, 15) is 9.18 Å². The number of rotatable bonds is 7. The van der Waals surface area contributed by atoms with E-state index in [0.29, 0.717) is 21.4 Å². The van der Waals surface area contributed by atoms with Gasteiger partial charge in [0, 0.05) is 16.7 Å². The molecule has 9 heteroatoms. The molecule has 0 fully saturated rings. The zero-order valence-electron chi connectivity index (χ0n) is 15.0. The van der Waals surface area contributed by atoms with Crippen molar-refractivity contribution in [1.29, 1.82) is 0 Å². The molecule has 0 unspecified atom stereocenters. The summed E-state index contributed by atoms with van der Waals surface area (Å²) in [6.07, 6.45) is 0.123. The summed E-state index contributed by atoms with van der Waals surface area (Å²) < 4.78 is 14.2. The standard InChI is InChI=1S/C20H15FN4OS3/c21-15-8-4-7-14(9-15)18-22-16(12-27-18)10-17(26)23-19-24-25-20(29-19)28-11-13-5-2-1-3-6-13/h1-9,12H,10-11H2,(H,23,24,26). The Morgan fingerprint density at radius 1 is 1.10 bits per heavy atom. The van der Waals surface area contributed by atoms with Crippen molar-refractivity contribution in [1.82, 2.24) is 15.2 Å². The summed E-state index contributed by atoms with van der Waals surface area (Å²) in [7, 11) is 0. The quantitative estimate of drug-likeness (QED) is 0.312. The van der Waals surface area contributed by atoms with Crippen LogP contribution in [0.4, 0.5) is 9.52 Å². The van der Waals surface area contributed by atoms with Gasteiger partial charge < -0.3 is 5.32 Å². The van der Waals surface area contributed by atoms with Gasteiger partial charge in [0.2, 0.25) is 11.0 Å². The van der Waals surface area contributed by atoms with Gasteiger partial charge in [-0.15, -0.1) is 21.5 Å². The van der Waals surface area contributed by atoms with Crippen LogP contribution in [0.3, 0.4) is 0 Å². The summed E-state index contributed by atoms with van der Waals surface area (Å²) in [6, 6.07) is 16.3. The second kappa shape index (κ2) is 9.25. The summed E-state index contributed by atoms with van der Waals surface area (Å²) in [5, 5.41) is 13.9. The Hall–Kier alpha value is -2.62. The molecule has 0 saturated heterocycles. The number of anilines is 1. The first-order chi connectivity index (χ1) is 14.2. The summed E-state index contributed by atoms with van der Waals surface area (Å²) in [4.78, 5) is 16.7. The average Bonchev–Trinajstić information content (AvgIpc) is 3.37. The largest absolute Gasteiger partial charge is 0.300 e. The van der Waals surface area contributed by atoms with E-state index >= 15 is 0 Å². The molecule has 0 atom stereocenters. The van der Waals surface area contributed by atoms with Crippen LogP contribution < -0.4 is 5.32 Å². The number of amides is 1. The van der Waals surface area contributed by atoms with Crippen LogP contribution in [0, 0.1) is 5.82 Å². The minimum Gasteiger partial charge on any atom is -0.300 e. The first-order valence-electron chi connectivity index (χ1n) is 8.66. The van der Waals surface area contributed by atoms with Crippen molar-refractivity contribution in [2.45, 2.75) is 16.5 Å². The molecule has 1 N–H and O–H groups in total. The van der Waals surface area contributed by atoms with E-state index in [1.165, 1.54) is 40.4 Å². The number of thioether (sulfide) groups is 1. The van der Waals surface area contributed by atoms with Gasteiger partial charge in [0.25, 0.3) is 0 Å². The van der Waals surface area contributed by atoms with Gasteiger partial charge in [0.1, 0.15) is 10.8 Å². The van der Waals surface area contributed by atoms with Crippen molar-refractivity contribution in [3.63, 3.8) is 0 Å². The molecule has 4 aromatic rings. The lowest BCUT2D eigenvalue weighted by molar-refractivity contribution is -0.115. The van der Waals surface area contributed by atoms with E-state index in [1.807, 2.05) is 18.2 Å². The monoisotopic (exact) mass is 442 g/mol. The molecule has 5 nitrogen and oxygen atoms in total. The summed E-state index contributed by atoms with van der Waals surface area (Å²) >= 11 is 4.31. The van der Waals surface area contributed by atoms with Crippen LogP contribution in [0.5, 0.6) is 0 Å². The highest BCUT2D eigenvalue weighted by Crippen LogP contribution is 2.28. The number of benzene rings is 2. The van der Waals surface area contributed by atoms with E-state index < -0.39 is 0 Å². The van der Waals surface area contributed by atoms with Crippen LogP contribution in [-0.4, -0.2) is 21.1 Å². The molecule has 0 spiro atoms. The van der Waals surface area contributed by atoms with Crippen LogP contribution in [0.25, 0.3) is 10.6 Å². The van der Waals surface area contributed by atoms with Gasteiger partial charge in [0.05, 0.1) is 12.1 Å². The van der Waals surface area contributed by atoms with Crippen molar-refractivity contribution in [3.8, 4) is 10.6 Å². The third kappa shape index (κ3) is 5.47. The molecule has 2 heterocycles. The van der Waals surface area contributed by atoms with Gasteiger partial charge in [-0.05, 0) is 17.7 Å². The number of hydrogen-bond acceptors (Lipinski definition) is 7. The lowest BCUT2D eigenvalue weighted by Gasteiger charge is -1.99. The van der Waals surface area contributed by atoms with E-state index in [-0.39, 0.29) is 18.1 Å². The molecule has 0 aliphatic carbocycles. The lowest BCUT2D eigenvalue weighted by Crippen LogP contribution is -2.14. The van der Waals surface area contributed by atoms with E-state index in [0.717, 1.165) is 10.1 Å². The Morgan fingerprint density at radius 3 is 2.79 bits per heavy atom. The molecule has 2 aromatic carbocycles. The number of nitrogens with zero attached hydrogens (tertiary/aromatic N) is 3. The highest BCUT2D eigenvalue weighted by molar-refractivity contribution is 8.00. The second-order valence-electron chi connectivity index (χ2n) is 6.03. The van der Waals surface area contributed by atoms with Crippen molar-refractivity contribution in [3.05, 3.63) is 77.1 Å². The van der Waals surface area contributed by atoms with Crippen LogP contribution >= 0.6 is 34.4 Å². The maximum atomic E-state index is 13.4. The Kier molecular flexibility index (Phi) is 6.28. The van der Waals surface area contributed by atoms with Gasteiger partial charge in [0.15, 0.2) is 4.34 Å². The van der Waals surface area contributed by atoms with Gasteiger partial charge in [-0.2, -0.15) is 0 Å². The summed E-state index contributed by atoms with van der Waals surface area (Å²) in [5.41, 5.74) is 2.54. The van der Waals surface area contributed by atoms with Crippen molar-refractivity contribution in [2.75, 3.05) is 5.32 Å². The minimum absolute atomic E-state index is 0.123. The van der Waals surface area contributed by atoms with Gasteiger partial charge in [-0.25, -0.2) is 9.37 Å². The van der Waals surface area contributed by atoms with Crippen LogP contribution in [-0.2, 0) is 17.0 Å². The first kappa shape index (κ1) is 19.7. The third-order valence-electron chi connectivity index (χ3n) is 3.82. The van der Waals surface area contributed by atoms with E-state index in [4.69, 9.17) is 0 Å². The number of nitrogens with one attached hydrogen (secondary N) is 1. The predicted octanol–water partition coefficient (Wildman–Crippen LogP) is 5.27. The van der Waals surface area contributed by atoms with E-state index in [2.05, 4.69) is 32.6 Å². The van der Waals surface area contributed by atoms with Crippen molar-refractivity contribution >= 4 is 45.5 Å². The second-order valence-corrected chi connectivity index (χ2v) is 9.08. The maximum Gasteiger partial charge on any atom is 0.232 e. The molecule has 0 bridgehead atoms. The summed E-state index contributed by atoms with van der Waals surface area (Å²) in [5.74, 6) is 0.275. The highest BCUT2D eigenvalue weighted by atomic mass is 32.2. The zero-order chi connectivity index (χ0) is 20.1. The molecule has 1 amide bonds. The summed E-state index contributed by atoms with van der Waals surface area (Å²) in [6.45, 7) is 0. The fourth-order valence-electron chi connectivity index (χ4n) is 2.51. The van der Waals surface area contributed by atoms with Crippen LogP contribution in [0.2, 0.25) is 0 Å². The number of aromatic nitrogens is 3. The number of hydrogen-bond donors (Lipinski definition) is 1. The first-order valence-corrected chi connectivity index (χ1v) is 11.3. The van der Waals surface area contributed by atoms with E-state index in [1.54, 1.807) is 29.3 Å². The molecular formula is C20H15FN4OS3. The number of carbonyl (C=O) groups is 1. The van der Waals surface area contributed by atoms with Gasteiger partial charge in [-0.3, -0.25) is 4.79 Å². The number of halogens is 1. The molecule has 146 valence electrons. The van der Waals surface area contributed by atoms with Gasteiger partial charge >= 0.3 is 0 Å². The molecule has 0 saturated carbocycles. The lowest BCUT2D eigenvalue weighted by atomic mass is 10.2. The molecule has 0 aliphatic rings. The predicted molar refractivity (Wildman–Crippen MR) is 116 cm³/mol. The normalized spacial score (nSPS) is 10.8. The smallest absolute Gasteiger partial charge is 0.232 e. The van der Waals surface area contributed by atoms with Crippen LogP contribution in [0.15, 0.2) is 64.3 Å². The minimum atomic E-state index is -0.311. The molecule has 0 aliphatic heterocycles. The Labute approximate surface area is 179 Å². The van der Waals surface area contributed by atoms with Gasteiger partial charge in [-0.1, -0.05) is 65.6 Å². The third-order valence-corrected chi connectivity index (χ3v) is 6.81. The topological polar surface area (TPSA) is 67.8 Å². The molecule has 29 heavy (non-hydrogen) atoms. The fourth-order valence-corrected chi connectivity index (χ4v) is 5.05. The average molecular weight is 443 g/mol.